The Balaban J connectivity index is 1.49. The number of rotatable bonds is 4. The van der Waals surface area contributed by atoms with Crippen molar-refractivity contribution in [2.75, 3.05) is 5.32 Å². The molecule has 2 N–H and O–H groups in total. The number of hydrogen-bond acceptors (Lipinski definition) is 8. The van der Waals surface area contributed by atoms with Crippen LogP contribution >= 0.6 is 0 Å². The Labute approximate surface area is 188 Å². The number of hydrogen-bond donors (Lipinski definition) is 2. The minimum absolute atomic E-state index is 0.123. The molecule has 9 heteroatoms. The van der Waals surface area contributed by atoms with Crippen LogP contribution < -0.4 is 5.32 Å². The molecule has 5 aromatic rings. The Morgan fingerprint density at radius 3 is 2.55 bits per heavy atom. The smallest absolute Gasteiger partial charge is 0.259 e. The van der Waals surface area contributed by atoms with Gasteiger partial charge in [0, 0.05) is 11.1 Å². The molecule has 0 aliphatic rings. The lowest BCUT2D eigenvalue weighted by molar-refractivity contribution is 0.102. The number of pyridine rings is 1. The van der Waals surface area contributed by atoms with Gasteiger partial charge in [-0.3, -0.25) is 4.79 Å². The molecule has 0 aliphatic carbocycles. The molecule has 0 saturated heterocycles. The Bertz CT molecular complexity index is 1500. The number of aromatic nitrogens is 4. The number of aromatic hydroxyl groups is 1. The van der Waals surface area contributed by atoms with Gasteiger partial charge in [0.25, 0.3) is 11.6 Å². The Morgan fingerprint density at radius 1 is 1.06 bits per heavy atom. The van der Waals surface area contributed by atoms with E-state index in [2.05, 4.69) is 25.4 Å². The predicted molar refractivity (Wildman–Crippen MR) is 121 cm³/mol. The SMILES string of the molecule is Cc1cc(-c2cc(C(=O)Nc3cnc(-c4cccc(O)c4)nc3)c3c(C)noc3n2)c(C)o1. The van der Waals surface area contributed by atoms with Crippen LogP contribution in [0.15, 0.2) is 57.7 Å². The monoisotopic (exact) mass is 441 g/mol. The molecular weight excluding hydrogens is 422 g/mol. The zero-order chi connectivity index (χ0) is 23.1. The summed E-state index contributed by atoms with van der Waals surface area (Å²) in [6, 6.07) is 10.2. The van der Waals surface area contributed by atoms with Gasteiger partial charge in [0.05, 0.1) is 40.4 Å². The number of carbonyl (C=O) groups is 1. The van der Waals surface area contributed by atoms with Gasteiger partial charge >= 0.3 is 0 Å². The van der Waals surface area contributed by atoms with Crippen molar-refractivity contribution >= 4 is 22.7 Å². The van der Waals surface area contributed by atoms with Gasteiger partial charge in [0.1, 0.15) is 17.3 Å². The fraction of sp³-hybridized carbons (Fsp3) is 0.125. The van der Waals surface area contributed by atoms with Crippen LogP contribution in [0.3, 0.4) is 0 Å². The number of phenols is 1. The first-order chi connectivity index (χ1) is 15.9. The van der Waals surface area contributed by atoms with E-state index in [1.807, 2.05) is 19.9 Å². The maximum absolute atomic E-state index is 13.2. The summed E-state index contributed by atoms with van der Waals surface area (Å²) < 4.78 is 11.0. The highest BCUT2D eigenvalue weighted by atomic mass is 16.5. The van der Waals surface area contributed by atoms with E-state index in [0.717, 1.165) is 11.3 Å². The molecule has 0 saturated carbocycles. The van der Waals surface area contributed by atoms with Crippen LogP contribution in [0, 0.1) is 20.8 Å². The van der Waals surface area contributed by atoms with Crippen LogP contribution in [0.4, 0.5) is 5.69 Å². The summed E-state index contributed by atoms with van der Waals surface area (Å²) in [5, 5.41) is 17.0. The standard InChI is InChI=1S/C24H19N5O4/c1-12-7-18(14(3)32-12)20-9-19(21-13(2)29-33-24(21)28-20)23(31)27-16-10-25-22(26-11-16)15-5-4-6-17(30)8-15/h4-11,30H,1-3H3,(H,27,31). The summed E-state index contributed by atoms with van der Waals surface area (Å²) in [5.74, 6) is 1.61. The van der Waals surface area contributed by atoms with Gasteiger partial charge in [-0.2, -0.15) is 0 Å². The summed E-state index contributed by atoms with van der Waals surface area (Å²) >= 11 is 0. The molecule has 5 rings (SSSR count). The highest BCUT2D eigenvalue weighted by Crippen LogP contribution is 2.31. The number of fused-ring (bicyclic) bond motifs is 1. The molecule has 4 heterocycles. The molecule has 0 fully saturated rings. The van der Waals surface area contributed by atoms with Gasteiger partial charge in [-0.1, -0.05) is 17.3 Å². The molecule has 0 bridgehead atoms. The van der Waals surface area contributed by atoms with E-state index in [9.17, 15) is 9.90 Å². The van der Waals surface area contributed by atoms with Crippen molar-refractivity contribution in [3.63, 3.8) is 0 Å². The van der Waals surface area contributed by atoms with Crippen molar-refractivity contribution in [3.8, 4) is 28.4 Å². The molecule has 4 aromatic heterocycles. The van der Waals surface area contributed by atoms with Crippen molar-refractivity contribution in [2.45, 2.75) is 20.8 Å². The minimum atomic E-state index is -0.374. The number of carbonyl (C=O) groups excluding carboxylic acids is 1. The average Bonchev–Trinajstić information content (AvgIpc) is 3.34. The summed E-state index contributed by atoms with van der Waals surface area (Å²) in [6.45, 7) is 5.44. The summed E-state index contributed by atoms with van der Waals surface area (Å²) in [4.78, 5) is 26.3. The number of nitrogens with one attached hydrogen (secondary N) is 1. The molecule has 0 aliphatic heterocycles. The third kappa shape index (κ3) is 3.80. The van der Waals surface area contributed by atoms with Crippen molar-refractivity contribution in [2.24, 2.45) is 0 Å². The number of furan rings is 1. The molecule has 1 amide bonds. The average molecular weight is 441 g/mol. The second-order valence-electron chi connectivity index (χ2n) is 7.63. The molecule has 1 aromatic carbocycles. The second-order valence-corrected chi connectivity index (χ2v) is 7.63. The van der Waals surface area contributed by atoms with Crippen molar-refractivity contribution in [1.82, 2.24) is 20.1 Å². The highest BCUT2D eigenvalue weighted by Gasteiger charge is 2.21. The molecule has 0 radical (unpaired) electrons. The highest BCUT2D eigenvalue weighted by molar-refractivity contribution is 6.13. The third-order valence-corrected chi connectivity index (χ3v) is 5.19. The van der Waals surface area contributed by atoms with Crippen molar-refractivity contribution in [3.05, 3.63) is 71.6 Å². The predicted octanol–water partition coefficient (Wildman–Crippen LogP) is 4.82. The van der Waals surface area contributed by atoms with Gasteiger partial charge in [-0.05, 0) is 45.0 Å². The minimum Gasteiger partial charge on any atom is -0.508 e. The number of anilines is 1. The summed E-state index contributed by atoms with van der Waals surface area (Å²) in [7, 11) is 0. The van der Waals surface area contributed by atoms with Crippen LogP contribution in [0.5, 0.6) is 5.75 Å². The number of benzene rings is 1. The first-order valence-electron chi connectivity index (χ1n) is 10.2. The van der Waals surface area contributed by atoms with Crippen LogP contribution in [0.25, 0.3) is 33.7 Å². The zero-order valence-corrected chi connectivity index (χ0v) is 18.1. The number of aryl methyl sites for hydroxylation is 3. The lowest BCUT2D eigenvalue weighted by atomic mass is 10.1. The van der Waals surface area contributed by atoms with Gasteiger partial charge in [0.2, 0.25) is 0 Å². The first-order valence-corrected chi connectivity index (χ1v) is 10.2. The van der Waals surface area contributed by atoms with E-state index in [4.69, 9.17) is 8.94 Å². The number of amides is 1. The fourth-order valence-corrected chi connectivity index (χ4v) is 3.68. The Kier molecular flexibility index (Phi) is 4.86. The van der Waals surface area contributed by atoms with Gasteiger partial charge in [-0.25, -0.2) is 15.0 Å². The maximum Gasteiger partial charge on any atom is 0.259 e. The van der Waals surface area contributed by atoms with E-state index in [0.29, 0.717) is 45.2 Å². The van der Waals surface area contributed by atoms with E-state index < -0.39 is 0 Å². The summed E-state index contributed by atoms with van der Waals surface area (Å²) in [5.41, 5.74) is 3.60. The number of nitrogens with zero attached hydrogens (tertiary/aromatic N) is 4. The largest absolute Gasteiger partial charge is 0.508 e. The lowest BCUT2D eigenvalue weighted by Gasteiger charge is -2.08. The molecule has 9 nitrogen and oxygen atoms in total. The third-order valence-electron chi connectivity index (χ3n) is 5.19. The van der Waals surface area contributed by atoms with E-state index in [1.54, 1.807) is 37.3 Å². The molecule has 0 spiro atoms. The molecule has 0 atom stereocenters. The maximum atomic E-state index is 13.2. The van der Waals surface area contributed by atoms with Crippen molar-refractivity contribution in [1.29, 1.82) is 0 Å². The number of phenolic OH excluding ortho intramolecular Hbond substituents is 1. The normalized spacial score (nSPS) is 11.1. The van der Waals surface area contributed by atoms with E-state index in [1.165, 1.54) is 12.4 Å². The van der Waals surface area contributed by atoms with Crippen LogP contribution in [0.2, 0.25) is 0 Å². The Morgan fingerprint density at radius 2 is 1.85 bits per heavy atom. The van der Waals surface area contributed by atoms with Gasteiger partial charge < -0.3 is 19.4 Å². The topological polar surface area (TPSA) is 127 Å². The molecular formula is C24H19N5O4. The van der Waals surface area contributed by atoms with Crippen LogP contribution in [-0.2, 0) is 0 Å². The fourth-order valence-electron chi connectivity index (χ4n) is 3.68. The molecule has 164 valence electrons. The van der Waals surface area contributed by atoms with Crippen LogP contribution in [0.1, 0.15) is 27.6 Å². The van der Waals surface area contributed by atoms with E-state index in [-0.39, 0.29) is 17.4 Å². The van der Waals surface area contributed by atoms with E-state index >= 15 is 0 Å². The second kappa shape index (κ2) is 7.86. The van der Waals surface area contributed by atoms with Gasteiger partial charge in [-0.15, -0.1) is 0 Å². The van der Waals surface area contributed by atoms with Crippen LogP contribution in [-0.4, -0.2) is 31.1 Å². The zero-order valence-electron chi connectivity index (χ0n) is 18.1. The molecule has 0 unspecified atom stereocenters. The molecule has 33 heavy (non-hydrogen) atoms. The first kappa shape index (κ1) is 20.4. The quantitative estimate of drug-likeness (QED) is 0.406. The summed E-state index contributed by atoms with van der Waals surface area (Å²) in [6.07, 6.45) is 3.02. The Hall–Kier alpha value is -4.53. The lowest BCUT2D eigenvalue weighted by Crippen LogP contribution is -2.13. The van der Waals surface area contributed by atoms with Gasteiger partial charge in [0.15, 0.2) is 5.82 Å². The van der Waals surface area contributed by atoms with Crippen molar-refractivity contribution < 1.29 is 18.8 Å².